The molecule has 0 aliphatic heterocycles. The Morgan fingerprint density at radius 2 is 1.87 bits per heavy atom. The van der Waals surface area contributed by atoms with Crippen molar-refractivity contribution in [1.82, 2.24) is 5.32 Å². The Hall–Kier alpha value is -2.36. The van der Waals surface area contributed by atoms with E-state index in [-0.39, 0.29) is 24.2 Å². The zero-order valence-corrected chi connectivity index (χ0v) is 13.5. The van der Waals surface area contributed by atoms with E-state index in [1.165, 1.54) is 6.07 Å². The number of carbonyl (C=O) groups excluding carboxylic acids is 1. The van der Waals surface area contributed by atoms with E-state index in [4.69, 9.17) is 4.74 Å². The molecule has 3 nitrogen and oxygen atoms in total. The first-order valence-electron chi connectivity index (χ1n) is 7.80. The molecule has 0 aliphatic carbocycles. The van der Waals surface area contributed by atoms with Gasteiger partial charge in [0.2, 0.25) is 5.91 Å². The van der Waals surface area contributed by atoms with Crippen LogP contribution in [-0.4, -0.2) is 13.0 Å². The highest BCUT2D eigenvalue weighted by Crippen LogP contribution is 2.20. The molecule has 2 aromatic carbocycles. The van der Waals surface area contributed by atoms with Crippen molar-refractivity contribution < 1.29 is 13.9 Å². The standard InChI is InChI=1S/C19H22FNO2/c1-3-18(15-8-11-16(23-2)12-9-15)21-19(22)13-10-14-6-4-5-7-17(14)20/h4-9,11-12,18H,3,10,13H2,1-2H3,(H,21,22)/t18-/m1/s1. The minimum atomic E-state index is -0.262. The molecule has 1 N–H and O–H groups in total. The topological polar surface area (TPSA) is 38.3 Å². The van der Waals surface area contributed by atoms with Crippen LogP contribution in [0.15, 0.2) is 48.5 Å². The van der Waals surface area contributed by atoms with Crippen LogP contribution in [0.5, 0.6) is 5.75 Å². The molecule has 0 radical (unpaired) electrons. The Morgan fingerprint density at radius 3 is 2.48 bits per heavy atom. The van der Waals surface area contributed by atoms with E-state index < -0.39 is 0 Å². The number of ether oxygens (including phenoxy) is 1. The first-order valence-corrected chi connectivity index (χ1v) is 7.80. The summed E-state index contributed by atoms with van der Waals surface area (Å²) in [5, 5.41) is 3.01. The average Bonchev–Trinajstić information content (AvgIpc) is 2.59. The summed E-state index contributed by atoms with van der Waals surface area (Å²) >= 11 is 0. The molecule has 0 aliphatic rings. The maximum atomic E-state index is 13.6. The Balaban J connectivity index is 1.92. The number of halogens is 1. The van der Waals surface area contributed by atoms with Crippen molar-refractivity contribution in [3.8, 4) is 5.75 Å². The van der Waals surface area contributed by atoms with E-state index in [9.17, 15) is 9.18 Å². The summed E-state index contributed by atoms with van der Waals surface area (Å²) in [6, 6.07) is 14.2. The van der Waals surface area contributed by atoms with Crippen LogP contribution in [-0.2, 0) is 11.2 Å². The molecule has 0 spiro atoms. The molecule has 2 rings (SSSR count). The van der Waals surface area contributed by atoms with E-state index in [1.54, 1.807) is 25.3 Å². The van der Waals surface area contributed by atoms with Gasteiger partial charge in [-0.15, -0.1) is 0 Å². The minimum Gasteiger partial charge on any atom is -0.497 e. The highest BCUT2D eigenvalue weighted by atomic mass is 19.1. The number of hydrogen-bond donors (Lipinski definition) is 1. The number of amides is 1. The number of hydrogen-bond acceptors (Lipinski definition) is 2. The maximum Gasteiger partial charge on any atom is 0.220 e. The van der Waals surface area contributed by atoms with Gasteiger partial charge in [-0.25, -0.2) is 4.39 Å². The van der Waals surface area contributed by atoms with Gasteiger partial charge in [-0.05, 0) is 42.2 Å². The van der Waals surface area contributed by atoms with Crippen LogP contribution in [0, 0.1) is 5.82 Å². The van der Waals surface area contributed by atoms with Crippen molar-refractivity contribution in [1.29, 1.82) is 0 Å². The van der Waals surface area contributed by atoms with Gasteiger partial charge in [0.15, 0.2) is 0 Å². The Labute approximate surface area is 136 Å². The second-order valence-electron chi connectivity index (χ2n) is 5.39. The number of rotatable bonds is 7. The molecular weight excluding hydrogens is 293 g/mol. The fraction of sp³-hybridized carbons (Fsp3) is 0.316. The Bertz CT molecular complexity index is 640. The Morgan fingerprint density at radius 1 is 1.17 bits per heavy atom. The quantitative estimate of drug-likeness (QED) is 0.837. The fourth-order valence-electron chi connectivity index (χ4n) is 2.47. The van der Waals surface area contributed by atoms with Crippen LogP contribution in [0.4, 0.5) is 4.39 Å². The molecule has 0 aromatic heterocycles. The van der Waals surface area contributed by atoms with Gasteiger partial charge in [0, 0.05) is 6.42 Å². The van der Waals surface area contributed by atoms with Crippen molar-refractivity contribution in [2.75, 3.05) is 7.11 Å². The molecule has 23 heavy (non-hydrogen) atoms. The third-order valence-corrected chi connectivity index (χ3v) is 3.84. The molecule has 0 unspecified atom stereocenters. The first kappa shape index (κ1) is 17.0. The number of carbonyl (C=O) groups is 1. The van der Waals surface area contributed by atoms with E-state index in [0.29, 0.717) is 12.0 Å². The summed E-state index contributed by atoms with van der Waals surface area (Å²) in [6.45, 7) is 2.02. The van der Waals surface area contributed by atoms with Crippen LogP contribution < -0.4 is 10.1 Å². The monoisotopic (exact) mass is 315 g/mol. The van der Waals surface area contributed by atoms with E-state index in [0.717, 1.165) is 17.7 Å². The highest BCUT2D eigenvalue weighted by Gasteiger charge is 2.13. The summed E-state index contributed by atoms with van der Waals surface area (Å²) < 4.78 is 18.7. The molecule has 4 heteroatoms. The van der Waals surface area contributed by atoms with E-state index >= 15 is 0 Å². The zero-order valence-electron chi connectivity index (χ0n) is 13.5. The zero-order chi connectivity index (χ0) is 16.7. The number of methoxy groups -OCH3 is 1. The lowest BCUT2D eigenvalue weighted by Crippen LogP contribution is -2.28. The third-order valence-electron chi connectivity index (χ3n) is 3.84. The van der Waals surface area contributed by atoms with Crippen LogP contribution in [0.2, 0.25) is 0 Å². The van der Waals surface area contributed by atoms with Crippen molar-refractivity contribution in [3.63, 3.8) is 0 Å². The van der Waals surface area contributed by atoms with Crippen LogP contribution in [0.3, 0.4) is 0 Å². The second kappa shape index (κ2) is 8.32. The van der Waals surface area contributed by atoms with Crippen molar-refractivity contribution in [3.05, 3.63) is 65.5 Å². The van der Waals surface area contributed by atoms with Crippen molar-refractivity contribution in [2.24, 2.45) is 0 Å². The molecule has 122 valence electrons. The van der Waals surface area contributed by atoms with Gasteiger partial charge >= 0.3 is 0 Å². The maximum absolute atomic E-state index is 13.6. The van der Waals surface area contributed by atoms with Gasteiger partial charge in [0.25, 0.3) is 0 Å². The summed E-state index contributed by atoms with van der Waals surface area (Å²) in [7, 11) is 1.62. The summed E-state index contributed by atoms with van der Waals surface area (Å²) in [4.78, 5) is 12.1. The van der Waals surface area contributed by atoms with E-state index in [2.05, 4.69) is 5.32 Å². The molecular formula is C19H22FNO2. The summed E-state index contributed by atoms with van der Waals surface area (Å²) in [5.41, 5.74) is 1.60. The largest absolute Gasteiger partial charge is 0.497 e. The second-order valence-corrected chi connectivity index (χ2v) is 5.39. The summed E-state index contributed by atoms with van der Waals surface area (Å²) in [6.07, 6.45) is 1.46. The molecule has 0 heterocycles. The highest BCUT2D eigenvalue weighted by molar-refractivity contribution is 5.76. The van der Waals surface area contributed by atoms with Gasteiger partial charge in [-0.2, -0.15) is 0 Å². The SMILES string of the molecule is CC[C@@H](NC(=O)CCc1ccccc1F)c1ccc(OC)cc1. The summed E-state index contributed by atoms with van der Waals surface area (Å²) in [5.74, 6) is 0.452. The van der Waals surface area contributed by atoms with Crippen LogP contribution in [0.1, 0.15) is 36.9 Å². The van der Waals surface area contributed by atoms with Crippen LogP contribution >= 0.6 is 0 Å². The number of benzene rings is 2. The molecule has 0 bridgehead atoms. The fourth-order valence-corrected chi connectivity index (χ4v) is 2.47. The molecule has 2 aromatic rings. The minimum absolute atomic E-state index is 0.0472. The lowest BCUT2D eigenvalue weighted by atomic mass is 10.0. The van der Waals surface area contributed by atoms with Gasteiger partial charge in [0.1, 0.15) is 11.6 Å². The third kappa shape index (κ3) is 4.81. The molecule has 1 amide bonds. The predicted molar refractivity (Wildman–Crippen MR) is 88.9 cm³/mol. The molecule has 0 saturated carbocycles. The van der Waals surface area contributed by atoms with Crippen LogP contribution in [0.25, 0.3) is 0 Å². The average molecular weight is 315 g/mol. The van der Waals surface area contributed by atoms with Crippen molar-refractivity contribution in [2.45, 2.75) is 32.2 Å². The number of nitrogens with one attached hydrogen (secondary N) is 1. The first-order chi connectivity index (χ1) is 11.1. The van der Waals surface area contributed by atoms with Gasteiger partial charge in [-0.1, -0.05) is 37.3 Å². The smallest absolute Gasteiger partial charge is 0.220 e. The van der Waals surface area contributed by atoms with Gasteiger partial charge in [0.05, 0.1) is 13.2 Å². The molecule has 0 saturated heterocycles. The molecule has 0 fully saturated rings. The van der Waals surface area contributed by atoms with E-state index in [1.807, 2.05) is 31.2 Å². The number of aryl methyl sites for hydroxylation is 1. The van der Waals surface area contributed by atoms with Crippen molar-refractivity contribution >= 4 is 5.91 Å². The Kier molecular flexibility index (Phi) is 6.15. The normalized spacial score (nSPS) is 11.8. The predicted octanol–water partition coefficient (Wildman–Crippen LogP) is 4.03. The lowest BCUT2D eigenvalue weighted by molar-refractivity contribution is -0.121. The lowest BCUT2D eigenvalue weighted by Gasteiger charge is -2.18. The van der Waals surface area contributed by atoms with Gasteiger partial charge < -0.3 is 10.1 Å². The molecule has 1 atom stereocenters. The van der Waals surface area contributed by atoms with Gasteiger partial charge in [-0.3, -0.25) is 4.79 Å².